The number of rotatable bonds is 3. The molecule has 0 bridgehead atoms. The van der Waals surface area contributed by atoms with Crippen LogP contribution >= 0.6 is 11.8 Å². The molecule has 1 atom stereocenters. The quantitative estimate of drug-likeness (QED) is 0.895. The van der Waals surface area contributed by atoms with Crippen LogP contribution in [-0.4, -0.2) is 21.4 Å². The Bertz CT molecular complexity index is 430. The summed E-state index contributed by atoms with van der Waals surface area (Å²) in [6, 6.07) is 2.03. The Kier molecular flexibility index (Phi) is 3.72. The predicted molar refractivity (Wildman–Crippen MR) is 74.4 cm³/mol. The third-order valence-electron chi connectivity index (χ3n) is 3.26. The van der Waals surface area contributed by atoms with Crippen molar-refractivity contribution in [3.8, 4) is 0 Å². The lowest BCUT2D eigenvalue weighted by atomic mass is 10.0. The molecule has 1 aliphatic rings. The summed E-state index contributed by atoms with van der Waals surface area (Å²) >= 11 is 1.82. The second kappa shape index (κ2) is 5.08. The molecular formula is C13H19N3S. The highest BCUT2D eigenvalue weighted by Crippen LogP contribution is 2.25. The first kappa shape index (κ1) is 12.4. The van der Waals surface area contributed by atoms with Crippen molar-refractivity contribution in [1.82, 2.24) is 10.3 Å². The van der Waals surface area contributed by atoms with Crippen LogP contribution in [0, 0.1) is 6.92 Å². The van der Waals surface area contributed by atoms with Crippen molar-refractivity contribution in [1.29, 1.82) is 0 Å². The molecular weight excluding hydrogens is 230 g/mol. The number of hydrogen-bond acceptors (Lipinski definition) is 3. The van der Waals surface area contributed by atoms with E-state index in [0.717, 1.165) is 23.9 Å². The van der Waals surface area contributed by atoms with Crippen molar-refractivity contribution in [2.75, 3.05) is 5.75 Å². The molecule has 1 aromatic heterocycles. The maximum Gasteiger partial charge on any atom is 0.157 e. The maximum absolute atomic E-state index is 4.63. The molecule has 2 rings (SSSR count). The van der Waals surface area contributed by atoms with E-state index in [9.17, 15) is 0 Å². The molecule has 3 nitrogen and oxygen atoms in total. The Morgan fingerprint density at radius 3 is 3.06 bits per heavy atom. The topological polar surface area (TPSA) is 37.3 Å². The molecule has 2 heterocycles. The number of thioether (sulfide) groups is 1. The summed E-state index contributed by atoms with van der Waals surface area (Å²) in [5.74, 6) is 1.11. The molecule has 1 aromatic rings. The average Bonchev–Trinajstić information content (AvgIpc) is 2.71. The Balaban J connectivity index is 2.01. The fourth-order valence-corrected chi connectivity index (χ4v) is 2.86. The number of aryl methyl sites for hydroxylation is 1. The highest BCUT2D eigenvalue weighted by atomic mass is 32.2. The van der Waals surface area contributed by atoms with Crippen LogP contribution in [0.15, 0.2) is 23.5 Å². The first-order valence-electron chi connectivity index (χ1n) is 5.98. The van der Waals surface area contributed by atoms with Gasteiger partial charge in [-0.15, -0.1) is 0 Å². The zero-order chi connectivity index (χ0) is 12.3. The van der Waals surface area contributed by atoms with Crippen LogP contribution in [-0.2, 0) is 6.54 Å². The van der Waals surface area contributed by atoms with E-state index in [4.69, 9.17) is 0 Å². The van der Waals surface area contributed by atoms with Crippen molar-refractivity contribution in [3.63, 3.8) is 0 Å². The molecule has 17 heavy (non-hydrogen) atoms. The normalized spacial score (nSPS) is 26.2. The molecule has 1 fully saturated rings. The Morgan fingerprint density at radius 2 is 2.41 bits per heavy atom. The fourth-order valence-electron chi connectivity index (χ4n) is 1.65. The summed E-state index contributed by atoms with van der Waals surface area (Å²) in [6.07, 6.45) is 4.85. The van der Waals surface area contributed by atoms with Gasteiger partial charge in [-0.1, -0.05) is 18.7 Å². The number of nitrogens with zero attached hydrogens (tertiary/aromatic N) is 2. The summed E-state index contributed by atoms with van der Waals surface area (Å²) in [6.45, 7) is 7.27. The van der Waals surface area contributed by atoms with Crippen LogP contribution in [0.2, 0.25) is 0 Å². The minimum Gasteiger partial charge on any atom is -0.359 e. The van der Waals surface area contributed by atoms with Gasteiger partial charge in [-0.05, 0) is 37.5 Å². The monoisotopic (exact) mass is 249 g/mol. The van der Waals surface area contributed by atoms with E-state index >= 15 is 0 Å². The maximum atomic E-state index is 4.63. The number of aromatic nitrogens is 1. The molecule has 0 aliphatic carbocycles. The van der Waals surface area contributed by atoms with Crippen LogP contribution in [0.1, 0.15) is 31.4 Å². The molecule has 1 saturated heterocycles. The van der Waals surface area contributed by atoms with Crippen molar-refractivity contribution >= 4 is 16.9 Å². The van der Waals surface area contributed by atoms with Gasteiger partial charge in [-0.25, -0.2) is 0 Å². The van der Waals surface area contributed by atoms with Crippen LogP contribution in [0.4, 0.5) is 0 Å². The van der Waals surface area contributed by atoms with Gasteiger partial charge in [-0.2, -0.15) is 0 Å². The molecule has 0 saturated carbocycles. The largest absolute Gasteiger partial charge is 0.359 e. The van der Waals surface area contributed by atoms with E-state index in [2.05, 4.69) is 36.1 Å². The minimum absolute atomic E-state index is 0.216. The first-order chi connectivity index (χ1) is 8.13. The van der Waals surface area contributed by atoms with Crippen LogP contribution in [0.25, 0.3) is 0 Å². The van der Waals surface area contributed by atoms with E-state index in [1.807, 2.05) is 30.2 Å². The van der Waals surface area contributed by atoms with Gasteiger partial charge in [0.15, 0.2) is 5.17 Å². The molecule has 4 heteroatoms. The number of nitrogens with one attached hydrogen (secondary N) is 1. The van der Waals surface area contributed by atoms with Crippen LogP contribution in [0.3, 0.4) is 0 Å². The number of pyridine rings is 1. The predicted octanol–water partition coefficient (Wildman–Crippen LogP) is 2.75. The van der Waals surface area contributed by atoms with Gasteiger partial charge in [0.2, 0.25) is 0 Å². The summed E-state index contributed by atoms with van der Waals surface area (Å²) in [5.41, 5.74) is 2.67. The fraction of sp³-hybridized carbons (Fsp3) is 0.538. The van der Waals surface area contributed by atoms with E-state index in [-0.39, 0.29) is 5.54 Å². The number of amidine groups is 1. The Hall–Kier alpha value is -1.03. The van der Waals surface area contributed by atoms with Gasteiger partial charge in [0, 0.05) is 23.7 Å². The number of aliphatic imine (C=N–C) groups is 1. The second-order valence-electron chi connectivity index (χ2n) is 4.75. The summed E-state index contributed by atoms with van der Waals surface area (Å²) in [5, 5.41) is 4.57. The van der Waals surface area contributed by atoms with Gasteiger partial charge in [0.1, 0.15) is 0 Å². The SMILES string of the molecule is CCC1(C)CSC(=NCc2cnccc2C)N1. The lowest BCUT2D eigenvalue weighted by Crippen LogP contribution is -2.39. The summed E-state index contributed by atoms with van der Waals surface area (Å²) in [7, 11) is 0. The van der Waals surface area contributed by atoms with E-state index in [1.54, 1.807) is 0 Å². The lowest BCUT2D eigenvalue weighted by molar-refractivity contribution is 0.466. The van der Waals surface area contributed by atoms with Crippen LogP contribution < -0.4 is 5.32 Å². The molecule has 0 aromatic carbocycles. The molecule has 1 N–H and O–H groups in total. The van der Waals surface area contributed by atoms with Crippen molar-refractivity contribution in [2.45, 2.75) is 39.3 Å². The minimum atomic E-state index is 0.216. The molecule has 0 spiro atoms. The van der Waals surface area contributed by atoms with E-state index < -0.39 is 0 Å². The van der Waals surface area contributed by atoms with Crippen LogP contribution in [0.5, 0.6) is 0 Å². The first-order valence-corrected chi connectivity index (χ1v) is 6.96. The zero-order valence-corrected chi connectivity index (χ0v) is 11.5. The summed E-state index contributed by atoms with van der Waals surface area (Å²) in [4.78, 5) is 8.77. The Morgan fingerprint density at radius 1 is 1.59 bits per heavy atom. The average molecular weight is 249 g/mol. The third-order valence-corrected chi connectivity index (χ3v) is 4.54. The van der Waals surface area contributed by atoms with Gasteiger partial charge in [0.25, 0.3) is 0 Å². The second-order valence-corrected chi connectivity index (χ2v) is 5.72. The summed E-state index contributed by atoms with van der Waals surface area (Å²) < 4.78 is 0. The van der Waals surface area contributed by atoms with Crippen molar-refractivity contribution in [2.24, 2.45) is 4.99 Å². The molecule has 1 unspecified atom stereocenters. The van der Waals surface area contributed by atoms with Crippen molar-refractivity contribution < 1.29 is 0 Å². The molecule has 92 valence electrons. The van der Waals surface area contributed by atoms with E-state index in [1.165, 1.54) is 11.1 Å². The molecule has 1 aliphatic heterocycles. The Labute approximate surface area is 107 Å². The van der Waals surface area contributed by atoms with Gasteiger partial charge >= 0.3 is 0 Å². The molecule has 0 radical (unpaired) electrons. The smallest absolute Gasteiger partial charge is 0.157 e. The molecule has 0 amide bonds. The lowest BCUT2D eigenvalue weighted by Gasteiger charge is -2.20. The van der Waals surface area contributed by atoms with Gasteiger partial charge < -0.3 is 5.32 Å². The third kappa shape index (κ3) is 3.00. The zero-order valence-electron chi connectivity index (χ0n) is 10.7. The number of hydrogen-bond donors (Lipinski definition) is 1. The highest BCUT2D eigenvalue weighted by Gasteiger charge is 2.30. The van der Waals surface area contributed by atoms with E-state index in [0.29, 0.717) is 0 Å². The highest BCUT2D eigenvalue weighted by molar-refractivity contribution is 8.14. The van der Waals surface area contributed by atoms with Crippen molar-refractivity contribution in [3.05, 3.63) is 29.6 Å². The standard InChI is InChI=1S/C13H19N3S/c1-4-13(3)9-17-12(16-13)15-8-11-7-14-6-5-10(11)2/h5-7H,4,8-9H2,1-3H3,(H,15,16). The van der Waals surface area contributed by atoms with Gasteiger partial charge in [-0.3, -0.25) is 9.98 Å². The van der Waals surface area contributed by atoms with Gasteiger partial charge in [0.05, 0.1) is 6.54 Å².